The summed E-state index contributed by atoms with van der Waals surface area (Å²) in [6, 6.07) is 10.6. The first-order valence-corrected chi connectivity index (χ1v) is 9.14. The molecule has 0 unspecified atom stereocenters. The van der Waals surface area contributed by atoms with Crippen LogP contribution in [0, 0.1) is 11.3 Å². The number of ether oxygens (including phenoxy) is 1. The van der Waals surface area contributed by atoms with Crippen LogP contribution in [0.2, 0.25) is 10.0 Å². The number of hydrogen-bond acceptors (Lipinski definition) is 5. The molecule has 2 N–H and O–H groups in total. The van der Waals surface area contributed by atoms with Crippen LogP contribution in [0.4, 0.5) is 0 Å². The van der Waals surface area contributed by atoms with Crippen LogP contribution in [0.3, 0.4) is 0 Å². The zero-order chi connectivity index (χ0) is 19.1. The average molecular weight is 401 g/mol. The number of carbonyl (C=O) groups excluding carboxylic acids is 1. The average Bonchev–Trinajstić information content (AvgIpc) is 3.10. The van der Waals surface area contributed by atoms with Gasteiger partial charge in [-0.25, -0.2) is 0 Å². The SMILES string of the molecule is N#CC1=C(N)OC2=C(C(=O)CCC2)[C@H]1c1ccc(-c2ccc(Cl)cc2Cl)o1. The van der Waals surface area contributed by atoms with Crippen molar-refractivity contribution in [3.05, 3.63) is 68.9 Å². The normalized spacial score (nSPS) is 19.6. The lowest BCUT2D eigenvalue weighted by Gasteiger charge is -2.29. The summed E-state index contributed by atoms with van der Waals surface area (Å²) in [7, 11) is 0. The first-order valence-electron chi connectivity index (χ1n) is 8.38. The molecule has 1 aliphatic heterocycles. The number of benzene rings is 1. The maximum absolute atomic E-state index is 12.6. The number of rotatable bonds is 2. The molecule has 7 heteroatoms. The van der Waals surface area contributed by atoms with E-state index < -0.39 is 5.92 Å². The molecular weight excluding hydrogens is 387 g/mol. The number of ketones is 1. The number of nitrogens with two attached hydrogens (primary N) is 1. The topological polar surface area (TPSA) is 89.3 Å². The summed E-state index contributed by atoms with van der Waals surface area (Å²) in [5, 5.41) is 10.6. The number of furan rings is 1. The monoisotopic (exact) mass is 400 g/mol. The molecule has 1 aromatic carbocycles. The summed E-state index contributed by atoms with van der Waals surface area (Å²) in [4.78, 5) is 12.6. The highest BCUT2D eigenvalue weighted by atomic mass is 35.5. The third-order valence-corrected chi connectivity index (χ3v) is 5.26. The molecule has 1 atom stereocenters. The molecule has 2 aromatic rings. The van der Waals surface area contributed by atoms with Gasteiger partial charge >= 0.3 is 0 Å². The van der Waals surface area contributed by atoms with Crippen LogP contribution in [0.15, 0.2) is 57.5 Å². The van der Waals surface area contributed by atoms with Gasteiger partial charge in [-0.1, -0.05) is 23.2 Å². The van der Waals surface area contributed by atoms with Crippen LogP contribution >= 0.6 is 23.2 Å². The van der Waals surface area contributed by atoms with Crippen molar-refractivity contribution in [2.75, 3.05) is 0 Å². The van der Waals surface area contributed by atoms with Crippen molar-refractivity contribution in [2.45, 2.75) is 25.2 Å². The van der Waals surface area contributed by atoms with Crippen molar-refractivity contribution < 1.29 is 13.9 Å². The molecule has 0 saturated heterocycles. The Balaban J connectivity index is 1.82. The van der Waals surface area contributed by atoms with E-state index >= 15 is 0 Å². The summed E-state index contributed by atoms with van der Waals surface area (Å²) >= 11 is 12.2. The number of nitriles is 1. The van der Waals surface area contributed by atoms with Gasteiger partial charge in [0.1, 0.15) is 28.9 Å². The zero-order valence-corrected chi connectivity index (χ0v) is 15.6. The van der Waals surface area contributed by atoms with Crippen LogP contribution < -0.4 is 5.73 Å². The summed E-state index contributed by atoms with van der Waals surface area (Å²) in [5.74, 6) is 0.769. The molecule has 4 rings (SSSR count). The Morgan fingerprint density at radius 3 is 2.74 bits per heavy atom. The molecule has 27 heavy (non-hydrogen) atoms. The lowest BCUT2D eigenvalue weighted by molar-refractivity contribution is -0.116. The van der Waals surface area contributed by atoms with E-state index in [1.165, 1.54) is 0 Å². The van der Waals surface area contributed by atoms with Gasteiger partial charge in [0.05, 0.1) is 10.9 Å². The molecule has 1 aliphatic carbocycles. The van der Waals surface area contributed by atoms with Crippen molar-refractivity contribution >= 4 is 29.0 Å². The Labute approximate surface area is 165 Å². The molecule has 0 amide bonds. The number of carbonyl (C=O) groups is 1. The third-order valence-electron chi connectivity index (χ3n) is 4.71. The molecule has 0 radical (unpaired) electrons. The summed E-state index contributed by atoms with van der Waals surface area (Å²) in [5.41, 5.74) is 7.23. The second-order valence-corrected chi connectivity index (χ2v) is 7.21. The highest BCUT2D eigenvalue weighted by Gasteiger charge is 2.39. The van der Waals surface area contributed by atoms with Gasteiger partial charge < -0.3 is 14.9 Å². The van der Waals surface area contributed by atoms with Gasteiger partial charge in [0.25, 0.3) is 0 Å². The van der Waals surface area contributed by atoms with E-state index in [0.29, 0.717) is 57.7 Å². The lowest BCUT2D eigenvalue weighted by atomic mass is 9.80. The standard InChI is InChI=1S/C20H14Cl2N2O3/c21-10-4-5-11(13(22)8-10)15-6-7-17(26-15)18-12(9-23)20(24)27-16-3-1-2-14(25)19(16)18/h4-8,18H,1-3,24H2/t18-/m1/s1. The predicted molar refractivity (Wildman–Crippen MR) is 101 cm³/mol. The summed E-state index contributed by atoms with van der Waals surface area (Å²) in [6.07, 6.45) is 1.71. The van der Waals surface area contributed by atoms with Crippen molar-refractivity contribution in [2.24, 2.45) is 5.73 Å². The Morgan fingerprint density at radius 1 is 1.19 bits per heavy atom. The molecule has 0 saturated carbocycles. The number of Topliss-reactive ketones (excluding diaryl/α,β-unsaturated/α-hetero) is 1. The van der Waals surface area contributed by atoms with Gasteiger partial charge in [0.2, 0.25) is 5.88 Å². The van der Waals surface area contributed by atoms with Gasteiger partial charge in [-0.3, -0.25) is 4.79 Å². The fourth-order valence-electron chi connectivity index (χ4n) is 3.48. The molecule has 5 nitrogen and oxygen atoms in total. The van der Waals surface area contributed by atoms with E-state index in [2.05, 4.69) is 6.07 Å². The number of nitrogens with zero attached hydrogens (tertiary/aromatic N) is 1. The van der Waals surface area contributed by atoms with E-state index in [0.717, 1.165) is 0 Å². The molecule has 2 heterocycles. The van der Waals surface area contributed by atoms with E-state index in [9.17, 15) is 10.1 Å². The summed E-state index contributed by atoms with van der Waals surface area (Å²) in [6.45, 7) is 0. The molecule has 1 aromatic heterocycles. The Hall–Kier alpha value is -2.68. The maximum atomic E-state index is 12.6. The van der Waals surface area contributed by atoms with Crippen molar-refractivity contribution in [1.29, 1.82) is 5.26 Å². The number of allylic oxidation sites excluding steroid dienone is 3. The number of halogens is 2. The minimum absolute atomic E-state index is 0.0124. The Bertz CT molecular complexity index is 1060. The molecule has 136 valence electrons. The first-order chi connectivity index (χ1) is 13.0. The van der Waals surface area contributed by atoms with Gasteiger partial charge in [-0.05, 0) is 36.8 Å². The quantitative estimate of drug-likeness (QED) is 0.759. The van der Waals surface area contributed by atoms with Crippen molar-refractivity contribution in [3.63, 3.8) is 0 Å². The van der Waals surface area contributed by atoms with Crippen LogP contribution in [-0.2, 0) is 9.53 Å². The van der Waals surface area contributed by atoms with Gasteiger partial charge in [0.15, 0.2) is 5.78 Å². The summed E-state index contributed by atoms with van der Waals surface area (Å²) < 4.78 is 11.6. The maximum Gasteiger partial charge on any atom is 0.205 e. The largest absolute Gasteiger partial charge is 0.460 e. The van der Waals surface area contributed by atoms with Crippen molar-refractivity contribution in [3.8, 4) is 17.4 Å². The Morgan fingerprint density at radius 2 is 2.00 bits per heavy atom. The van der Waals surface area contributed by atoms with E-state index in [4.69, 9.17) is 38.1 Å². The van der Waals surface area contributed by atoms with E-state index in [-0.39, 0.29) is 17.2 Å². The second-order valence-electron chi connectivity index (χ2n) is 6.36. The van der Waals surface area contributed by atoms with Crippen LogP contribution in [-0.4, -0.2) is 5.78 Å². The fraction of sp³-hybridized carbons (Fsp3) is 0.200. The molecular formula is C20H14Cl2N2O3. The third kappa shape index (κ3) is 3.01. The molecule has 0 spiro atoms. The highest BCUT2D eigenvalue weighted by Crippen LogP contribution is 2.44. The minimum Gasteiger partial charge on any atom is -0.460 e. The molecule has 0 bridgehead atoms. The van der Waals surface area contributed by atoms with Gasteiger partial charge in [-0.2, -0.15) is 5.26 Å². The smallest absolute Gasteiger partial charge is 0.205 e. The van der Waals surface area contributed by atoms with Gasteiger partial charge in [-0.15, -0.1) is 0 Å². The predicted octanol–water partition coefficient (Wildman–Crippen LogP) is 5.07. The minimum atomic E-state index is -0.675. The van der Waals surface area contributed by atoms with Crippen LogP contribution in [0.5, 0.6) is 0 Å². The molecule has 2 aliphatic rings. The van der Waals surface area contributed by atoms with Gasteiger partial charge in [0, 0.05) is 29.0 Å². The van der Waals surface area contributed by atoms with Crippen LogP contribution in [0.1, 0.15) is 30.9 Å². The number of hydrogen-bond donors (Lipinski definition) is 1. The zero-order valence-electron chi connectivity index (χ0n) is 14.1. The van der Waals surface area contributed by atoms with E-state index in [1.54, 1.807) is 30.3 Å². The van der Waals surface area contributed by atoms with E-state index in [1.807, 2.05) is 0 Å². The van der Waals surface area contributed by atoms with Crippen molar-refractivity contribution in [1.82, 2.24) is 0 Å². The highest BCUT2D eigenvalue weighted by molar-refractivity contribution is 6.36. The van der Waals surface area contributed by atoms with Crippen LogP contribution in [0.25, 0.3) is 11.3 Å². The Kier molecular flexibility index (Phi) is 4.47. The first kappa shape index (κ1) is 17.7. The lowest BCUT2D eigenvalue weighted by Crippen LogP contribution is -2.27. The fourth-order valence-corrected chi connectivity index (χ4v) is 3.98. The molecule has 0 fully saturated rings. The second kappa shape index (κ2) is 6.80.